The van der Waals surface area contributed by atoms with Crippen LogP contribution in [0, 0.1) is 17.2 Å². The van der Waals surface area contributed by atoms with Gasteiger partial charge in [0.1, 0.15) is 5.56 Å². The van der Waals surface area contributed by atoms with Crippen LogP contribution >= 0.6 is 0 Å². The van der Waals surface area contributed by atoms with Crippen molar-refractivity contribution in [3.05, 3.63) is 11.8 Å². The highest BCUT2D eigenvalue weighted by molar-refractivity contribution is 5.96. The number of amides is 1. The van der Waals surface area contributed by atoms with Gasteiger partial charge in [0.25, 0.3) is 5.91 Å². The van der Waals surface area contributed by atoms with E-state index in [9.17, 15) is 4.79 Å². The van der Waals surface area contributed by atoms with Gasteiger partial charge >= 0.3 is 0 Å². The third-order valence-electron chi connectivity index (χ3n) is 3.26. The Morgan fingerprint density at radius 1 is 1.53 bits per heavy atom. The summed E-state index contributed by atoms with van der Waals surface area (Å²) in [6.45, 7) is 0. The molecule has 0 aromatic carbocycles. The number of primary amides is 1. The van der Waals surface area contributed by atoms with Gasteiger partial charge in [-0.05, 0) is 12.8 Å². The molecule has 17 heavy (non-hydrogen) atoms. The fourth-order valence-electron chi connectivity index (χ4n) is 2.34. The van der Waals surface area contributed by atoms with Crippen LogP contribution in [0.1, 0.15) is 42.1 Å². The van der Waals surface area contributed by atoms with Gasteiger partial charge in [-0.2, -0.15) is 10.4 Å². The number of hydrogen-bond donors (Lipinski definition) is 2. The maximum Gasteiger partial charge on any atom is 0.254 e. The minimum atomic E-state index is -0.585. The summed E-state index contributed by atoms with van der Waals surface area (Å²) in [5, 5.41) is 13.2. The molecule has 90 valence electrons. The van der Waals surface area contributed by atoms with E-state index in [1.807, 2.05) is 0 Å². The smallest absolute Gasteiger partial charge is 0.254 e. The van der Waals surface area contributed by atoms with Crippen molar-refractivity contribution in [2.75, 3.05) is 5.73 Å². The first-order valence-electron chi connectivity index (χ1n) is 5.67. The lowest BCUT2D eigenvalue weighted by atomic mass is 9.85. The first-order valence-corrected chi connectivity index (χ1v) is 5.67. The molecular formula is C11H15N5O. The Morgan fingerprint density at radius 2 is 2.24 bits per heavy atom. The van der Waals surface area contributed by atoms with Crippen molar-refractivity contribution in [2.24, 2.45) is 11.7 Å². The normalized spacial score (nSPS) is 24.2. The lowest BCUT2D eigenvalue weighted by Gasteiger charge is -2.26. The Bertz CT molecular complexity index is 473. The highest BCUT2D eigenvalue weighted by Gasteiger charge is 2.28. The fraction of sp³-hybridized carbons (Fsp3) is 0.545. The average molecular weight is 233 g/mol. The van der Waals surface area contributed by atoms with Gasteiger partial charge in [-0.1, -0.05) is 12.8 Å². The zero-order valence-electron chi connectivity index (χ0n) is 9.47. The van der Waals surface area contributed by atoms with E-state index in [4.69, 9.17) is 16.7 Å². The van der Waals surface area contributed by atoms with Crippen molar-refractivity contribution in [3.63, 3.8) is 0 Å². The number of nitrogens with zero attached hydrogens (tertiary/aromatic N) is 3. The molecule has 1 fully saturated rings. The van der Waals surface area contributed by atoms with Crippen molar-refractivity contribution in [3.8, 4) is 6.07 Å². The van der Waals surface area contributed by atoms with E-state index in [2.05, 4.69) is 11.2 Å². The number of carbonyl (C=O) groups is 1. The predicted molar refractivity (Wildman–Crippen MR) is 61.8 cm³/mol. The number of anilines is 1. The molecule has 1 aromatic heterocycles. The lowest BCUT2D eigenvalue weighted by Crippen LogP contribution is -2.22. The summed E-state index contributed by atoms with van der Waals surface area (Å²) in [5.74, 6) is -0.512. The topological polar surface area (TPSA) is 111 Å². The molecule has 2 rings (SSSR count). The van der Waals surface area contributed by atoms with Crippen LogP contribution in [-0.2, 0) is 0 Å². The Labute approximate surface area is 99.2 Å². The van der Waals surface area contributed by atoms with Gasteiger partial charge in [0.05, 0.1) is 18.0 Å². The summed E-state index contributed by atoms with van der Waals surface area (Å²) in [7, 11) is 0. The third-order valence-corrected chi connectivity index (χ3v) is 3.26. The van der Waals surface area contributed by atoms with Crippen LogP contribution < -0.4 is 11.5 Å². The molecule has 0 bridgehead atoms. The second-order valence-electron chi connectivity index (χ2n) is 4.36. The molecule has 6 heteroatoms. The molecule has 1 aliphatic rings. The number of nitriles is 1. The molecule has 1 amide bonds. The van der Waals surface area contributed by atoms with Crippen molar-refractivity contribution in [1.82, 2.24) is 9.78 Å². The number of nitrogens with two attached hydrogens (primary N) is 2. The van der Waals surface area contributed by atoms with E-state index in [1.54, 1.807) is 10.9 Å². The number of hydrogen-bond acceptors (Lipinski definition) is 4. The number of carbonyl (C=O) groups excluding carboxylic acids is 1. The molecule has 4 N–H and O–H groups in total. The molecule has 2 atom stereocenters. The Morgan fingerprint density at radius 3 is 2.82 bits per heavy atom. The summed E-state index contributed by atoms with van der Waals surface area (Å²) < 4.78 is 1.63. The van der Waals surface area contributed by atoms with Gasteiger partial charge in [-0.15, -0.1) is 0 Å². The molecule has 1 aliphatic carbocycles. The molecular weight excluding hydrogens is 218 g/mol. The molecule has 0 unspecified atom stereocenters. The van der Waals surface area contributed by atoms with Gasteiger partial charge in [0, 0.05) is 6.20 Å². The zero-order valence-corrected chi connectivity index (χ0v) is 9.47. The Balaban J connectivity index is 2.30. The van der Waals surface area contributed by atoms with Crippen molar-refractivity contribution in [1.29, 1.82) is 5.26 Å². The molecule has 0 aliphatic heterocycles. The van der Waals surface area contributed by atoms with E-state index >= 15 is 0 Å². The maximum atomic E-state index is 11.1. The summed E-state index contributed by atoms with van der Waals surface area (Å²) in [4.78, 5) is 11.1. The second kappa shape index (κ2) is 4.45. The molecule has 6 nitrogen and oxygen atoms in total. The molecule has 0 radical (unpaired) electrons. The minimum Gasteiger partial charge on any atom is -0.382 e. The maximum absolute atomic E-state index is 11.1. The van der Waals surface area contributed by atoms with Crippen molar-refractivity contribution < 1.29 is 4.79 Å². The van der Waals surface area contributed by atoms with E-state index in [-0.39, 0.29) is 23.3 Å². The number of aromatic nitrogens is 2. The molecule has 0 spiro atoms. The standard InChI is InChI=1S/C11H15N5O/c12-5-7-3-1-2-4-9(7)16-6-8(11(14)17)10(13)15-16/h6-7,9H,1-4H2,(H2,13,15)(H2,14,17)/t7-,9+/m1/s1. The molecule has 1 saturated carbocycles. The van der Waals surface area contributed by atoms with Crippen LogP contribution in [-0.4, -0.2) is 15.7 Å². The molecule has 1 aromatic rings. The highest BCUT2D eigenvalue weighted by atomic mass is 16.1. The number of nitrogen functional groups attached to an aromatic ring is 1. The van der Waals surface area contributed by atoms with E-state index in [0.717, 1.165) is 25.7 Å². The number of rotatable bonds is 2. The first-order chi connectivity index (χ1) is 8.13. The summed E-state index contributed by atoms with van der Waals surface area (Å²) in [6.07, 6.45) is 5.44. The van der Waals surface area contributed by atoms with Crippen LogP contribution in [0.5, 0.6) is 0 Å². The Kier molecular flexibility index (Phi) is 3.00. The summed E-state index contributed by atoms with van der Waals surface area (Å²) in [6, 6.07) is 2.30. The van der Waals surface area contributed by atoms with Gasteiger partial charge < -0.3 is 11.5 Å². The van der Waals surface area contributed by atoms with E-state index < -0.39 is 5.91 Å². The van der Waals surface area contributed by atoms with Gasteiger partial charge in [-0.25, -0.2) is 0 Å². The fourth-order valence-corrected chi connectivity index (χ4v) is 2.34. The van der Waals surface area contributed by atoms with Gasteiger partial charge in [-0.3, -0.25) is 9.48 Å². The van der Waals surface area contributed by atoms with Gasteiger partial charge in [0.2, 0.25) is 0 Å². The third kappa shape index (κ3) is 2.09. The summed E-state index contributed by atoms with van der Waals surface area (Å²) in [5.41, 5.74) is 11.0. The highest BCUT2D eigenvalue weighted by Crippen LogP contribution is 2.33. The van der Waals surface area contributed by atoms with Crippen LogP contribution in [0.2, 0.25) is 0 Å². The van der Waals surface area contributed by atoms with Crippen LogP contribution in [0.25, 0.3) is 0 Å². The average Bonchev–Trinajstić information content (AvgIpc) is 2.71. The van der Waals surface area contributed by atoms with Crippen LogP contribution in [0.3, 0.4) is 0 Å². The van der Waals surface area contributed by atoms with Crippen molar-refractivity contribution in [2.45, 2.75) is 31.7 Å². The molecule has 0 saturated heterocycles. The SMILES string of the molecule is N#C[C@H]1CCCC[C@@H]1n1cc(C(N)=O)c(N)n1. The molecule has 1 heterocycles. The minimum absolute atomic E-state index is 0.00384. The lowest BCUT2D eigenvalue weighted by molar-refractivity contribution is 0.100. The van der Waals surface area contributed by atoms with E-state index in [0.29, 0.717) is 0 Å². The van der Waals surface area contributed by atoms with E-state index in [1.165, 1.54) is 0 Å². The largest absolute Gasteiger partial charge is 0.382 e. The monoisotopic (exact) mass is 233 g/mol. The first kappa shape index (κ1) is 11.5. The Hall–Kier alpha value is -2.03. The summed E-state index contributed by atoms with van der Waals surface area (Å²) >= 11 is 0. The quantitative estimate of drug-likeness (QED) is 0.787. The van der Waals surface area contributed by atoms with Crippen LogP contribution in [0.15, 0.2) is 6.20 Å². The second-order valence-corrected chi connectivity index (χ2v) is 4.36. The zero-order chi connectivity index (χ0) is 12.4. The predicted octanol–water partition coefficient (Wildman–Crippen LogP) is 0.819. The van der Waals surface area contributed by atoms with Crippen molar-refractivity contribution >= 4 is 11.7 Å². The van der Waals surface area contributed by atoms with Crippen LogP contribution in [0.4, 0.5) is 5.82 Å². The van der Waals surface area contributed by atoms with Gasteiger partial charge in [0.15, 0.2) is 5.82 Å².